The van der Waals surface area contributed by atoms with Crippen LogP contribution in [0.2, 0.25) is 0 Å². The standard InChI is InChI=1S/C14H20N2O3/c15-10-3-1-2-9(6-10)8-16-14(19)12-7-11(17)4-5-13(12)18/h4-5,7,9-10,17-18H,1-3,6,8,15H2,(H,16,19). The Morgan fingerprint density at radius 3 is 2.89 bits per heavy atom. The SMILES string of the molecule is NC1CCCC(CNC(=O)c2cc(O)ccc2O)C1. The molecule has 1 aliphatic rings. The highest BCUT2D eigenvalue weighted by atomic mass is 16.3. The predicted octanol–water partition coefficient (Wildman–Crippen LogP) is 1.35. The highest BCUT2D eigenvalue weighted by Gasteiger charge is 2.20. The third kappa shape index (κ3) is 3.61. The fourth-order valence-electron chi connectivity index (χ4n) is 2.56. The summed E-state index contributed by atoms with van der Waals surface area (Å²) in [5.41, 5.74) is 6.00. The van der Waals surface area contributed by atoms with Crippen molar-refractivity contribution in [3.8, 4) is 11.5 Å². The minimum absolute atomic E-state index is 0.0392. The van der Waals surface area contributed by atoms with Crippen molar-refractivity contribution in [1.82, 2.24) is 5.32 Å². The summed E-state index contributed by atoms with van der Waals surface area (Å²) in [7, 11) is 0. The van der Waals surface area contributed by atoms with Gasteiger partial charge in [0.25, 0.3) is 5.91 Å². The van der Waals surface area contributed by atoms with E-state index >= 15 is 0 Å². The van der Waals surface area contributed by atoms with Crippen LogP contribution in [0.25, 0.3) is 0 Å². The van der Waals surface area contributed by atoms with Crippen molar-refractivity contribution >= 4 is 5.91 Å². The molecule has 5 N–H and O–H groups in total. The summed E-state index contributed by atoms with van der Waals surface area (Å²) < 4.78 is 0. The number of hydrogen-bond acceptors (Lipinski definition) is 4. The van der Waals surface area contributed by atoms with Gasteiger partial charge in [-0.15, -0.1) is 0 Å². The Morgan fingerprint density at radius 1 is 1.37 bits per heavy atom. The van der Waals surface area contributed by atoms with E-state index in [4.69, 9.17) is 5.73 Å². The van der Waals surface area contributed by atoms with Gasteiger partial charge in [-0.1, -0.05) is 6.42 Å². The number of benzene rings is 1. The minimum Gasteiger partial charge on any atom is -0.508 e. The van der Waals surface area contributed by atoms with Crippen LogP contribution in [-0.4, -0.2) is 28.7 Å². The Bertz CT molecular complexity index is 462. The fraction of sp³-hybridized carbons (Fsp3) is 0.500. The summed E-state index contributed by atoms with van der Waals surface area (Å²) >= 11 is 0. The van der Waals surface area contributed by atoms with E-state index < -0.39 is 0 Å². The third-order valence-electron chi connectivity index (χ3n) is 3.60. The lowest BCUT2D eigenvalue weighted by atomic mass is 9.86. The normalized spacial score (nSPS) is 23.0. The van der Waals surface area contributed by atoms with E-state index in [1.807, 2.05) is 0 Å². The van der Waals surface area contributed by atoms with Gasteiger partial charge in [-0.3, -0.25) is 4.79 Å². The van der Waals surface area contributed by atoms with Crippen molar-refractivity contribution in [2.75, 3.05) is 6.54 Å². The maximum atomic E-state index is 11.9. The lowest BCUT2D eigenvalue weighted by molar-refractivity contribution is 0.0939. The number of phenols is 2. The summed E-state index contributed by atoms with van der Waals surface area (Å²) in [6.45, 7) is 0.557. The quantitative estimate of drug-likeness (QED) is 0.620. The fourth-order valence-corrected chi connectivity index (χ4v) is 2.56. The van der Waals surface area contributed by atoms with Gasteiger partial charge in [0.1, 0.15) is 11.5 Å². The summed E-state index contributed by atoms with van der Waals surface area (Å²) in [6, 6.07) is 4.13. The van der Waals surface area contributed by atoms with Gasteiger partial charge in [-0.25, -0.2) is 0 Å². The monoisotopic (exact) mass is 264 g/mol. The molecule has 1 aromatic carbocycles. The molecular formula is C14H20N2O3. The van der Waals surface area contributed by atoms with Crippen molar-refractivity contribution in [2.45, 2.75) is 31.7 Å². The number of hydrogen-bond donors (Lipinski definition) is 4. The van der Waals surface area contributed by atoms with Crippen molar-refractivity contribution in [3.63, 3.8) is 0 Å². The zero-order valence-electron chi connectivity index (χ0n) is 10.8. The first-order chi connectivity index (χ1) is 9.06. The van der Waals surface area contributed by atoms with Crippen LogP contribution in [-0.2, 0) is 0 Å². The topological polar surface area (TPSA) is 95.6 Å². The van der Waals surface area contributed by atoms with Gasteiger partial charge in [0, 0.05) is 12.6 Å². The number of carbonyl (C=O) groups is 1. The van der Waals surface area contributed by atoms with E-state index in [1.54, 1.807) is 0 Å². The van der Waals surface area contributed by atoms with Crippen LogP contribution in [0.4, 0.5) is 0 Å². The van der Waals surface area contributed by atoms with E-state index in [0.717, 1.165) is 25.7 Å². The van der Waals surface area contributed by atoms with Crippen LogP contribution in [0.1, 0.15) is 36.0 Å². The molecule has 19 heavy (non-hydrogen) atoms. The Balaban J connectivity index is 1.92. The largest absolute Gasteiger partial charge is 0.508 e. The molecule has 0 aromatic heterocycles. The number of aromatic hydroxyl groups is 2. The molecule has 0 spiro atoms. The second-order valence-corrected chi connectivity index (χ2v) is 5.20. The van der Waals surface area contributed by atoms with Crippen molar-refractivity contribution in [1.29, 1.82) is 0 Å². The number of nitrogens with one attached hydrogen (secondary N) is 1. The van der Waals surface area contributed by atoms with Crippen molar-refractivity contribution in [3.05, 3.63) is 23.8 Å². The molecule has 1 amide bonds. The van der Waals surface area contributed by atoms with Crippen molar-refractivity contribution in [2.24, 2.45) is 11.7 Å². The highest BCUT2D eigenvalue weighted by molar-refractivity contribution is 5.97. The van der Waals surface area contributed by atoms with E-state index in [9.17, 15) is 15.0 Å². The average Bonchev–Trinajstić information content (AvgIpc) is 2.39. The number of rotatable bonds is 3. The molecule has 0 saturated heterocycles. The Hall–Kier alpha value is -1.75. The molecule has 2 rings (SSSR count). The van der Waals surface area contributed by atoms with Crippen LogP contribution in [0.5, 0.6) is 11.5 Å². The average molecular weight is 264 g/mol. The Labute approximate surface area is 112 Å². The molecule has 0 bridgehead atoms. The Kier molecular flexibility index (Phi) is 4.27. The molecule has 1 saturated carbocycles. The third-order valence-corrected chi connectivity index (χ3v) is 3.60. The second-order valence-electron chi connectivity index (χ2n) is 5.20. The maximum Gasteiger partial charge on any atom is 0.255 e. The molecule has 5 nitrogen and oxygen atoms in total. The molecule has 0 radical (unpaired) electrons. The van der Waals surface area contributed by atoms with E-state index in [1.165, 1.54) is 18.2 Å². The summed E-state index contributed by atoms with van der Waals surface area (Å²) in [5, 5.41) is 21.7. The number of phenolic OH excluding ortho intramolecular Hbond substituents is 2. The van der Waals surface area contributed by atoms with Crippen LogP contribution < -0.4 is 11.1 Å². The molecule has 0 heterocycles. The van der Waals surface area contributed by atoms with Gasteiger partial charge in [0.05, 0.1) is 5.56 Å². The molecule has 1 fully saturated rings. The molecule has 104 valence electrons. The first-order valence-electron chi connectivity index (χ1n) is 6.62. The van der Waals surface area contributed by atoms with Gasteiger partial charge >= 0.3 is 0 Å². The van der Waals surface area contributed by atoms with Gasteiger partial charge in [-0.2, -0.15) is 0 Å². The molecular weight excluding hydrogens is 244 g/mol. The van der Waals surface area contributed by atoms with Crippen LogP contribution in [0.3, 0.4) is 0 Å². The maximum absolute atomic E-state index is 11.9. The second kappa shape index (κ2) is 5.93. The number of nitrogens with two attached hydrogens (primary N) is 1. The number of amides is 1. The molecule has 2 atom stereocenters. The molecule has 0 aliphatic heterocycles. The van der Waals surface area contributed by atoms with E-state index in [2.05, 4.69) is 5.32 Å². The van der Waals surface area contributed by atoms with Gasteiger partial charge in [0.15, 0.2) is 0 Å². The molecule has 5 heteroatoms. The van der Waals surface area contributed by atoms with E-state index in [-0.39, 0.29) is 29.0 Å². The minimum atomic E-state index is -0.368. The highest BCUT2D eigenvalue weighted by Crippen LogP contribution is 2.24. The van der Waals surface area contributed by atoms with Crippen molar-refractivity contribution < 1.29 is 15.0 Å². The summed E-state index contributed by atoms with van der Waals surface area (Å²) in [5.74, 6) is -0.141. The molecule has 2 unspecified atom stereocenters. The lowest BCUT2D eigenvalue weighted by Crippen LogP contribution is -2.35. The molecule has 1 aromatic rings. The van der Waals surface area contributed by atoms with Crippen LogP contribution in [0, 0.1) is 5.92 Å². The van der Waals surface area contributed by atoms with Gasteiger partial charge < -0.3 is 21.3 Å². The lowest BCUT2D eigenvalue weighted by Gasteiger charge is -2.26. The van der Waals surface area contributed by atoms with Crippen LogP contribution in [0.15, 0.2) is 18.2 Å². The Morgan fingerprint density at radius 2 is 2.16 bits per heavy atom. The predicted molar refractivity (Wildman–Crippen MR) is 72.0 cm³/mol. The first kappa shape index (κ1) is 13.7. The first-order valence-corrected chi connectivity index (χ1v) is 6.62. The number of carbonyl (C=O) groups excluding carboxylic acids is 1. The summed E-state index contributed by atoms with van der Waals surface area (Å²) in [4.78, 5) is 11.9. The van der Waals surface area contributed by atoms with Gasteiger partial charge in [-0.05, 0) is 43.4 Å². The zero-order valence-corrected chi connectivity index (χ0v) is 10.8. The van der Waals surface area contributed by atoms with Gasteiger partial charge in [0.2, 0.25) is 0 Å². The van der Waals surface area contributed by atoms with Crippen LogP contribution >= 0.6 is 0 Å². The molecule has 1 aliphatic carbocycles. The zero-order chi connectivity index (χ0) is 13.8. The smallest absolute Gasteiger partial charge is 0.255 e. The summed E-state index contributed by atoms with van der Waals surface area (Å²) in [6.07, 6.45) is 4.14. The van der Waals surface area contributed by atoms with E-state index in [0.29, 0.717) is 12.5 Å².